The predicted molar refractivity (Wildman–Crippen MR) is 125 cm³/mol. The summed E-state index contributed by atoms with van der Waals surface area (Å²) in [5.74, 6) is 0.747. The van der Waals surface area contributed by atoms with Crippen LogP contribution in [0, 0.1) is 13.8 Å². The number of hydrogen-bond donors (Lipinski definition) is 1. The van der Waals surface area contributed by atoms with Gasteiger partial charge in [0, 0.05) is 23.6 Å². The molecule has 0 saturated heterocycles. The van der Waals surface area contributed by atoms with Gasteiger partial charge in [0.25, 0.3) is 0 Å². The molecule has 0 radical (unpaired) electrons. The molecule has 0 aliphatic heterocycles. The average Bonchev–Trinajstić information content (AvgIpc) is 3.09. The standard InChI is InChI=1S/C25H24ClN3O3/c1-16-13-20(32-12-6-9-23(30)31)14-22-24(16)27-17(2)29(22)15-19-10-11-21(28-25(19)26)18-7-4-3-5-8-18/h3-5,7-8,10-11,13-14H,6,9,12,15H2,1-2H3,(H,30,31). The summed E-state index contributed by atoms with van der Waals surface area (Å²) in [5, 5.41) is 9.26. The monoisotopic (exact) mass is 449 g/mol. The summed E-state index contributed by atoms with van der Waals surface area (Å²) >= 11 is 6.55. The zero-order valence-electron chi connectivity index (χ0n) is 18.0. The summed E-state index contributed by atoms with van der Waals surface area (Å²) in [6.07, 6.45) is 0.544. The van der Waals surface area contributed by atoms with Crippen molar-refractivity contribution >= 4 is 28.6 Å². The van der Waals surface area contributed by atoms with Gasteiger partial charge in [0.15, 0.2) is 0 Å². The van der Waals surface area contributed by atoms with Gasteiger partial charge in [-0.1, -0.05) is 48.0 Å². The van der Waals surface area contributed by atoms with Gasteiger partial charge in [0.2, 0.25) is 0 Å². The van der Waals surface area contributed by atoms with Crippen molar-refractivity contribution in [2.45, 2.75) is 33.2 Å². The number of imidazole rings is 1. The highest BCUT2D eigenvalue weighted by atomic mass is 35.5. The van der Waals surface area contributed by atoms with Crippen LogP contribution in [0.25, 0.3) is 22.3 Å². The molecule has 1 N–H and O–H groups in total. The van der Waals surface area contributed by atoms with Crippen LogP contribution in [0.2, 0.25) is 5.15 Å². The van der Waals surface area contributed by atoms with Crippen molar-refractivity contribution in [1.82, 2.24) is 14.5 Å². The highest BCUT2D eigenvalue weighted by molar-refractivity contribution is 6.30. The maximum Gasteiger partial charge on any atom is 0.303 e. The molecule has 0 aliphatic carbocycles. The Morgan fingerprint density at radius 1 is 1.09 bits per heavy atom. The number of carboxylic acid groups (broad SMARTS) is 1. The Labute approximate surface area is 191 Å². The van der Waals surface area contributed by atoms with E-state index in [1.165, 1.54) is 0 Å². The number of carbonyl (C=O) groups is 1. The molecule has 0 spiro atoms. The van der Waals surface area contributed by atoms with Gasteiger partial charge in [-0.3, -0.25) is 4.79 Å². The van der Waals surface area contributed by atoms with E-state index in [1.54, 1.807) is 0 Å². The molecule has 32 heavy (non-hydrogen) atoms. The number of benzene rings is 2. The van der Waals surface area contributed by atoms with Crippen LogP contribution in [-0.2, 0) is 11.3 Å². The average molecular weight is 450 g/mol. The van der Waals surface area contributed by atoms with Gasteiger partial charge in [0.05, 0.1) is 29.9 Å². The van der Waals surface area contributed by atoms with E-state index in [2.05, 4.69) is 9.55 Å². The second-order valence-corrected chi connectivity index (χ2v) is 8.07. The Balaban J connectivity index is 1.61. The van der Waals surface area contributed by atoms with E-state index in [1.807, 2.05) is 68.4 Å². The maximum absolute atomic E-state index is 10.7. The molecule has 164 valence electrons. The summed E-state index contributed by atoms with van der Waals surface area (Å²) in [4.78, 5) is 20.0. The van der Waals surface area contributed by atoms with Crippen LogP contribution < -0.4 is 4.74 Å². The first-order valence-electron chi connectivity index (χ1n) is 10.5. The van der Waals surface area contributed by atoms with E-state index >= 15 is 0 Å². The first kappa shape index (κ1) is 21.8. The molecule has 4 aromatic rings. The number of hydrogen-bond acceptors (Lipinski definition) is 4. The quantitative estimate of drug-likeness (QED) is 0.277. The van der Waals surface area contributed by atoms with Crippen molar-refractivity contribution < 1.29 is 14.6 Å². The first-order chi connectivity index (χ1) is 15.4. The number of fused-ring (bicyclic) bond motifs is 1. The largest absolute Gasteiger partial charge is 0.493 e. The second-order valence-electron chi connectivity index (χ2n) is 7.71. The number of pyridine rings is 1. The molecule has 6 nitrogen and oxygen atoms in total. The van der Waals surface area contributed by atoms with Gasteiger partial charge in [-0.2, -0.15) is 0 Å². The van der Waals surface area contributed by atoms with Crippen LogP contribution in [0.1, 0.15) is 29.8 Å². The minimum Gasteiger partial charge on any atom is -0.493 e. The predicted octanol–water partition coefficient (Wildman–Crippen LogP) is 5.66. The van der Waals surface area contributed by atoms with Crippen molar-refractivity contribution in [3.8, 4) is 17.0 Å². The van der Waals surface area contributed by atoms with Crippen LogP contribution in [0.15, 0.2) is 54.6 Å². The molecular formula is C25H24ClN3O3. The Hall–Kier alpha value is -3.38. The second kappa shape index (κ2) is 9.40. The lowest BCUT2D eigenvalue weighted by atomic mass is 10.1. The number of halogens is 1. The van der Waals surface area contributed by atoms with Crippen LogP contribution in [0.4, 0.5) is 0 Å². The van der Waals surface area contributed by atoms with E-state index in [9.17, 15) is 4.79 Å². The van der Waals surface area contributed by atoms with E-state index in [0.717, 1.165) is 39.2 Å². The Bertz CT molecular complexity index is 1270. The van der Waals surface area contributed by atoms with Gasteiger partial charge in [-0.05, 0) is 38.0 Å². The van der Waals surface area contributed by atoms with Crippen molar-refractivity contribution in [1.29, 1.82) is 0 Å². The van der Waals surface area contributed by atoms with Crippen LogP contribution in [-0.4, -0.2) is 32.2 Å². The third-order valence-electron chi connectivity index (χ3n) is 5.34. The number of carboxylic acids is 1. The zero-order valence-corrected chi connectivity index (χ0v) is 18.8. The Morgan fingerprint density at radius 2 is 1.88 bits per heavy atom. The molecule has 0 fully saturated rings. The number of ether oxygens (including phenoxy) is 1. The summed E-state index contributed by atoms with van der Waals surface area (Å²) in [6, 6.07) is 17.8. The molecular weight excluding hydrogens is 426 g/mol. The zero-order chi connectivity index (χ0) is 22.7. The van der Waals surface area contributed by atoms with Crippen molar-refractivity contribution in [3.05, 3.63) is 76.7 Å². The van der Waals surface area contributed by atoms with Gasteiger partial charge in [0.1, 0.15) is 16.7 Å². The summed E-state index contributed by atoms with van der Waals surface area (Å²) in [7, 11) is 0. The van der Waals surface area contributed by atoms with E-state index in [-0.39, 0.29) is 6.42 Å². The molecule has 0 saturated carbocycles. The SMILES string of the molecule is Cc1cc(OCCCC(=O)O)cc2c1nc(C)n2Cc1ccc(-c2ccccc2)nc1Cl. The van der Waals surface area contributed by atoms with Crippen molar-refractivity contribution in [2.24, 2.45) is 0 Å². The van der Waals surface area contributed by atoms with Gasteiger partial charge >= 0.3 is 5.97 Å². The Morgan fingerprint density at radius 3 is 2.59 bits per heavy atom. The summed E-state index contributed by atoms with van der Waals surface area (Å²) in [6.45, 7) is 4.84. The fourth-order valence-corrected chi connectivity index (χ4v) is 3.91. The normalized spacial score (nSPS) is 11.1. The lowest BCUT2D eigenvalue weighted by Crippen LogP contribution is -2.05. The van der Waals surface area contributed by atoms with E-state index < -0.39 is 5.97 Å². The fourth-order valence-electron chi connectivity index (χ4n) is 3.69. The number of aryl methyl sites for hydroxylation is 2. The summed E-state index contributed by atoms with van der Waals surface area (Å²) < 4.78 is 7.90. The lowest BCUT2D eigenvalue weighted by molar-refractivity contribution is -0.137. The Kier molecular flexibility index (Phi) is 6.42. The molecule has 0 aliphatic rings. The van der Waals surface area contributed by atoms with Gasteiger partial charge < -0.3 is 14.4 Å². The molecule has 0 bridgehead atoms. The molecule has 2 aromatic heterocycles. The number of rotatable bonds is 8. The third-order valence-corrected chi connectivity index (χ3v) is 5.66. The van der Waals surface area contributed by atoms with Gasteiger partial charge in [-0.15, -0.1) is 0 Å². The van der Waals surface area contributed by atoms with Crippen LogP contribution in [0.5, 0.6) is 5.75 Å². The number of aliphatic carboxylic acids is 1. The van der Waals surface area contributed by atoms with Crippen LogP contribution >= 0.6 is 11.6 Å². The minimum atomic E-state index is -0.822. The molecule has 2 heterocycles. The van der Waals surface area contributed by atoms with Crippen molar-refractivity contribution in [3.63, 3.8) is 0 Å². The smallest absolute Gasteiger partial charge is 0.303 e. The topological polar surface area (TPSA) is 77.2 Å². The van der Waals surface area contributed by atoms with Crippen LogP contribution in [0.3, 0.4) is 0 Å². The molecule has 4 rings (SSSR count). The number of aromatic nitrogens is 3. The molecule has 0 atom stereocenters. The van der Waals surface area contributed by atoms with E-state index in [4.69, 9.17) is 26.4 Å². The highest BCUT2D eigenvalue weighted by Crippen LogP contribution is 2.28. The minimum absolute atomic E-state index is 0.0861. The molecule has 7 heteroatoms. The first-order valence-corrected chi connectivity index (χ1v) is 10.8. The fraction of sp³-hybridized carbons (Fsp3) is 0.240. The highest BCUT2D eigenvalue weighted by Gasteiger charge is 2.14. The van der Waals surface area contributed by atoms with Gasteiger partial charge in [-0.25, -0.2) is 9.97 Å². The molecule has 0 unspecified atom stereocenters. The van der Waals surface area contributed by atoms with Crippen molar-refractivity contribution in [2.75, 3.05) is 6.61 Å². The number of nitrogens with zero attached hydrogens (tertiary/aromatic N) is 3. The third kappa shape index (κ3) is 4.75. The maximum atomic E-state index is 10.7. The van der Waals surface area contributed by atoms with E-state index in [0.29, 0.717) is 30.5 Å². The molecule has 0 amide bonds. The summed E-state index contributed by atoms with van der Waals surface area (Å²) in [5.41, 5.74) is 5.61. The lowest BCUT2D eigenvalue weighted by Gasteiger charge is -2.12. The molecule has 2 aromatic carbocycles.